The Hall–Kier alpha value is -1.28. The van der Waals surface area contributed by atoms with Crippen LogP contribution < -0.4 is 5.32 Å². The molecule has 1 amide bonds. The Kier molecular flexibility index (Phi) is 5.99. The molecule has 1 fully saturated rings. The SMILES string of the molecule is CCc1c(C(=O)N[C@@H]2COCC[C@@H]2OCc2cscn2)csc1C. The van der Waals surface area contributed by atoms with Crippen molar-refractivity contribution in [3.8, 4) is 0 Å². The molecule has 3 rings (SSSR count). The molecule has 1 N–H and O–H groups in total. The number of aromatic nitrogens is 1. The highest BCUT2D eigenvalue weighted by atomic mass is 32.1. The molecule has 2 aromatic heterocycles. The Balaban J connectivity index is 1.63. The number of carbonyl (C=O) groups excluding carboxylic acids is 1. The van der Waals surface area contributed by atoms with Gasteiger partial charge in [-0.25, -0.2) is 4.98 Å². The molecule has 1 aliphatic rings. The van der Waals surface area contributed by atoms with E-state index in [1.54, 1.807) is 28.2 Å². The number of thiophene rings is 1. The molecule has 0 radical (unpaired) electrons. The van der Waals surface area contributed by atoms with Crippen molar-refractivity contribution >= 4 is 28.6 Å². The summed E-state index contributed by atoms with van der Waals surface area (Å²) in [7, 11) is 0. The average Bonchev–Trinajstić information content (AvgIpc) is 3.23. The highest BCUT2D eigenvalue weighted by Crippen LogP contribution is 2.23. The molecule has 0 aromatic carbocycles. The van der Waals surface area contributed by atoms with Gasteiger partial charge in [0.2, 0.25) is 0 Å². The summed E-state index contributed by atoms with van der Waals surface area (Å²) in [5, 5.41) is 7.03. The van der Waals surface area contributed by atoms with Gasteiger partial charge < -0.3 is 14.8 Å². The molecule has 7 heteroatoms. The van der Waals surface area contributed by atoms with Crippen molar-refractivity contribution in [2.45, 2.75) is 45.4 Å². The maximum Gasteiger partial charge on any atom is 0.252 e. The average molecular weight is 367 g/mol. The lowest BCUT2D eigenvalue weighted by molar-refractivity contribution is -0.0611. The van der Waals surface area contributed by atoms with Gasteiger partial charge in [-0.05, 0) is 25.3 Å². The highest BCUT2D eigenvalue weighted by molar-refractivity contribution is 7.10. The zero-order valence-corrected chi connectivity index (χ0v) is 15.5. The molecule has 0 unspecified atom stereocenters. The lowest BCUT2D eigenvalue weighted by Crippen LogP contribution is -2.50. The number of carbonyl (C=O) groups is 1. The van der Waals surface area contributed by atoms with Crippen molar-refractivity contribution in [3.63, 3.8) is 0 Å². The Bertz CT molecular complexity index is 669. The van der Waals surface area contributed by atoms with Crippen molar-refractivity contribution in [2.75, 3.05) is 13.2 Å². The fourth-order valence-electron chi connectivity index (χ4n) is 2.91. The summed E-state index contributed by atoms with van der Waals surface area (Å²) in [5.74, 6) is -0.0334. The van der Waals surface area contributed by atoms with Gasteiger partial charge in [-0.3, -0.25) is 4.79 Å². The molecule has 2 aromatic rings. The molecular weight excluding hydrogens is 344 g/mol. The van der Waals surface area contributed by atoms with E-state index in [1.165, 1.54) is 4.88 Å². The highest BCUT2D eigenvalue weighted by Gasteiger charge is 2.29. The molecule has 0 spiro atoms. The second-order valence-corrected chi connectivity index (χ2v) is 7.61. The van der Waals surface area contributed by atoms with Gasteiger partial charge in [0.1, 0.15) is 0 Å². The van der Waals surface area contributed by atoms with Crippen molar-refractivity contribution in [3.05, 3.63) is 38.0 Å². The van der Waals surface area contributed by atoms with E-state index in [-0.39, 0.29) is 18.1 Å². The third-order valence-electron chi connectivity index (χ3n) is 4.24. The van der Waals surface area contributed by atoms with Crippen molar-refractivity contribution < 1.29 is 14.3 Å². The predicted molar refractivity (Wildman–Crippen MR) is 95.8 cm³/mol. The van der Waals surface area contributed by atoms with Crippen molar-refractivity contribution in [2.24, 2.45) is 0 Å². The van der Waals surface area contributed by atoms with E-state index in [0.717, 1.165) is 29.7 Å². The van der Waals surface area contributed by atoms with Crippen molar-refractivity contribution in [1.29, 1.82) is 0 Å². The number of aryl methyl sites for hydroxylation is 1. The van der Waals surface area contributed by atoms with Gasteiger partial charge in [0.25, 0.3) is 5.91 Å². The van der Waals surface area contributed by atoms with E-state index in [9.17, 15) is 4.79 Å². The van der Waals surface area contributed by atoms with E-state index in [2.05, 4.69) is 24.1 Å². The van der Waals surface area contributed by atoms with Crippen LogP contribution in [0.25, 0.3) is 0 Å². The van der Waals surface area contributed by atoms with Crippen LogP contribution >= 0.6 is 22.7 Å². The van der Waals surface area contributed by atoms with E-state index in [0.29, 0.717) is 19.8 Å². The normalized spacial score (nSPS) is 20.9. The van der Waals surface area contributed by atoms with Gasteiger partial charge in [-0.1, -0.05) is 6.92 Å². The number of nitrogens with zero attached hydrogens (tertiary/aromatic N) is 1. The molecule has 24 heavy (non-hydrogen) atoms. The van der Waals surface area contributed by atoms with Crippen LogP contribution in [0, 0.1) is 6.92 Å². The lowest BCUT2D eigenvalue weighted by Gasteiger charge is -2.32. The lowest BCUT2D eigenvalue weighted by atomic mass is 10.0. The molecule has 2 atom stereocenters. The number of hydrogen-bond acceptors (Lipinski definition) is 6. The van der Waals surface area contributed by atoms with E-state index >= 15 is 0 Å². The second-order valence-electron chi connectivity index (χ2n) is 5.81. The topological polar surface area (TPSA) is 60.5 Å². The van der Waals surface area contributed by atoms with Crippen LogP contribution in [0.3, 0.4) is 0 Å². The minimum absolute atomic E-state index is 0.0334. The molecule has 0 saturated carbocycles. The molecule has 0 aliphatic carbocycles. The first-order chi connectivity index (χ1) is 11.7. The number of rotatable bonds is 6. The molecule has 3 heterocycles. The monoisotopic (exact) mass is 366 g/mol. The Morgan fingerprint density at radius 1 is 1.50 bits per heavy atom. The van der Waals surface area contributed by atoms with Gasteiger partial charge in [-0.2, -0.15) is 0 Å². The molecular formula is C17H22N2O3S2. The predicted octanol–water partition coefficient (Wildman–Crippen LogP) is 3.18. The van der Waals surface area contributed by atoms with Crippen LogP contribution in [0.5, 0.6) is 0 Å². The maximum atomic E-state index is 12.7. The standard InChI is InChI=1S/C17H22N2O3S2/c1-3-13-11(2)24-9-14(13)17(20)19-15-7-21-5-4-16(15)22-6-12-8-23-10-18-12/h8-10,15-16H,3-7H2,1-2H3,(H,19,20)/t15-,16+/m1/s1. The number of amides is 1. The van der Waals surface area contributed by atoms with Gasteiger partial charge >= 0.3 is 0 Å². The Morgan fingerprint density at radius 3 is 3.12 bits per heavy atom. The molecule has 1 saturated heterocycles. The van der Waals surface area contributed by atoms with Gasteiger partial charge in [-0.15, -0.1) is 22.7 Å². The van der Waals surface area contributed by atoms with Gasteiger partial charge in [0.15, 0.2) is 0 Å². The molecule has 130 valence electrons. The third kappa shape index (κ3) is 4.03. The van der Waals surface area contributed by atoms with Crippen LogP contribution in [0.4, 0.5) is 0 Å². The first-order valence-corrected chi connectivity index (χ1v) is 9.95. The first kappa shape index (κ1) is 17.5. The van der Waals surface area contributed by atoms with Crippen LogP contribution in [-0.2, 0) is 22.5 Å². The first-order valence-electron chi connectivity index (χ1n) is 8.13. The fraction of sp³-hybridized carbons (Fsp3) is 0.529. The van der Waals surface area contributed by atoms with Crippen molar-refractivity contribution in [1.82, 2.24) is 10.3 Å². The quantitative estimate of drug-likeness (QED) is 0.853. The summed E-state index contributed by atoms with van der Waals surface area (Å²) in [6, 6.07) is -0.130. The number of hydrogen-bond donors (Lipinski definition) is 1. The third-order valence-corrected chi connectivity index (χ3v) is 5.83. The minimum Gasteiger partial charge on any atom is -0.379 e. The Labute approximate surface area is 150 Å². The second kappa shape index (κ2) is 8.20. The number of nitrogens with one attached hydrogen (secondary N) is 1. The Morgan fingerprint density at radius 2 is 2.38 bits per heavy atom. The van der Waals surface area contributed by atoms with Gasteiger partial charge in [0, 0.05) is 22.2 Å². The van der Waals surface area contributed by atoms with Crippen LogP contribution in [0.1, 0.15) is 39.8 Å². The summed E-state index contributed by atoms with van der Waals surface area (Å²) >= 11 is 3.18. The zero-order valence-electron chi connectivity index (χ0n) is 13.9. The summed E-state index contributed by atoms with van der Waals surface area (Å²) in [6.07, 6.45) is 1.59. The van der Waals surface area contributed by atoms with E-state index in [1.807, 2.05) is 10.8 Å². The number of thiazole rings is 1. The molecule has 0 bridgehead atoms. The summed E-state index contributed by atoms with van der Waals surface area (Å²) in [4.78, 5) is 18.1. The maximum absolute atomic E-state index is 12.7. The number of ether oxygens (including phenoxy) is 2. The molecule has 1 aliphatic heterocycles. The summed E-state index contributed by atoms with van der Waals surface area (Å²) < 4.78 is 11.5. The van der Waals surface area contributed by atoms with Crippen LogP contribution in [0.15, 0.2) is 16.3 Å². The smallest absolute Gasteiger partial charge is 0.252 e. The van der Waals surface area contributed by atoms with E-state index < -0.39 is 0 Å². The van der Waals surface area contributed by atoms with Crippen LogP contribution in [0.2, 0.25) is 0 Å². The summed E-state index contributed by atoms with van der Waals surface area (Å²) in [6.45, 7) is 5.75. The minimum atomic E-state index is -0.130. The van der Waals surface area contributed by atoms with Gasteiger partial charge in [0.05, 0.1) is 42.1 Å². The van der Waals surface area contributed by atoms with Crippen LogP contribution in [-0.4, -0.2) is 36.3 Å². The fourth-order valence-corrected chi connectivity index (χ4v) is 4.39. The van der Waals surface area contributed by atoms with E-state index in [4.69, 9.17) is 9.47 Å². The molecule has 5 nitrogen and oxygen atoms in total. The largest absolute Gasteiger partial charge is 0.379 e. The summed E-state index contributed by atoms with van der Waals surface area (Å²) in [5.41, 5.74) is 4.64. The zero-order chi connectivity index (χ0) is 16.9.